The van der Waals surface area contributed by atoms with Gasteiger partial charge in [-0.25, -0.2) is 0 Å². The van der Waals surface area contributed by atoms with Crippen LogP contribution in [-0.4, -0.2) is 0 Å². The zero-order valence-electron chi connectivity index (χ0n) is 6.19. The van der Waals surface area contributed by atoms with Crippen molar-refractivity contribution in [3.63, 3.8) is 0 Å². The van der Waals surface area contributed by atoms with Crippen molar-refractivity contribution in [3.8, 4) is 0 Å². The minimum atomic E-state index is 0. The third-order valence-corrected chi connectivity index (χ3v) is 2.09. The topological polar surface area (TPSA) is 0 Å². The van der Waals surface area contributed by atoms with E-state index in [9.17, 15) is 0 Å². The van der Waals surface area contributed by atoms with Crippen molar-refractivity contribution in [2.24, 2.45) is 11.3 Å². The monoisotopic (exact) mass is 199 g/mol. The fraction of sp³-hybridized carbons (Fsp3) is 0.750. The summed E-state index contributed by atoms with van der Waals surface area (Å²) in [5.74, 6) is 0.808. The minimum Gasteiger partial charge on any atom is -0.367 e. The molecule has 9 heavy (non-hydrogen) atoms. The van der Waals surface area contributed by atoms with Crippen LogP contribution in [0.15, 0.2) is 0 Å². The van der Waals surface area contributed by atoms with Crippen LogP contribution in [0, 0.1) is 25.2 Å². The first-order valence-electron chi connectivity index (χ1n) is 3.31. The van der Waals surface area contributed by atoms with E-state index in [4.69, 9.17) is 0 Å². The molecule has 0 spiro atoms. The van der Waals surface area contributed by atoms with Gasteiger partial charge in [0.05, 0.1) is 0 Å². The second kappa shape index (κ2) is 3.48. The van der Waals surface area contributed by atoms with Gasteiger partial charge in [-0.05, 0) is 0 Å². The molecular weight excluding hydrogens is 185 g/mol. The summed E-state index contributed by atoms with van der Waals surface area (Å²) in [4.78, 5) is 0. The van der Waals surface area contributed by atoms with Gasteiger partial charge >= 0.3 is 0 Å². The molecule has 1 radical (unpaired) electrons. The average Bonchev–Trinajstić information content (AvgIpc) is 1.16. The summed E-state index contributed by atoms with van der Waals surface area (Å²) in [6, 6.07) is 0. The molecule has 0 bridgehead atoms. The molecular formula is C8H14Y-2. The van der Waals surface area contributed by atoms with E-state index in [0.717, 1.165) is 5.92 Å². The second-order valence-corrected chi connectivity index (χ2v) is 3.28. The van der Waals surface area contributed by atoms with Crippen molar-refractivity contribution >= 4 is 0 Å². The molecule has 0 heterocycles. The van der Waals surface area contributed by atoms with E-state index in [0.29, 0.717) is 0 Å². The number of hydrogen-bond acceptors (Lipinski definition) is 0. The maximum atomic E-state index is 3.98. The SMILES string of the molecule is [CH2-]C([CH2-])(C)C1CCC1.[Y]. The molecule has 0 aromatic carbocycles. The van der Waals surface area contributed by atoms with Gasteiger partial charge < -0.3 is 13.8 Å². The molecule has 0 aromatic rings. The molecule has 1 fully saturated rings. The standard InChI is InChI=1S/C8H14.Y/c1-8(2,3)7-5-4-6-7;/h7H,1-2,4-6H2,3H3;/q-2;. The predicted molar refractivity (Wildman–Crippen MR) is 36.2 cm³/mol. The maximum absolute atomic E-state index is 3.98. The Labute approximate surface area is 83.7 Å². The van der Waals surface area contributed by atoms with Crippen LogP contribution in [0.25, 0.3) is 0 Å². The normalized spacial score (nSPS) is 20.3. The Kier molecular flexibility index (Phi) is 3.91. The van der Waals surface area contributed by atoms with Gasteiger partial charge in [-0.2, -0.15) is 0 Å². The molecule has 51 valence electrons. The van der Waals surface area contributed by atoms with E-state index >= 15 is 0 Å². The molecule has 1 heteroatoms. The van der Waals surface area contributed by atoms with Crippen LogP contribution in [0.4, 0.5) is 0 Å². The molecule has 0 amide bonds. The molecule has 0 aliphatic heterocycles. The van der Waals surface area contributed by atoms with Crippen molar-refractivity contribution in [2.75, 3.05) is 0 Å². The molecule has 1 saturated carbocycles. The zero-order valence-corrected chi connectivity index (χ0v) is 9.03. The van der Waals surface area contributed by atoms with Gasteiger partial charge in [-0.1, -0.05) is 25.2 Å². The average molecular weight is 199 g/mol. The molecule has 1 rings (SSSR count). The van der Waals surface area contributed by atoms with Crippen LogP contribution < -0.4 is 0 Å². The third-order valence-electron chi connectivity index (χ3n) is 2.09. The summed E-state index contributed by atoms with van der Waals surface area (Å²) >= 11 is 0. The summed E-state index contributed by atoms with van der Waals surface area (Å²) in [5, 5.41) is 0. The van der Waals surface area contributed by atoms with Crippen LogP contribution >= 0.6 is 0 Å². The molecule has 0 saturated heterocycles. The van der Waals surface area contributed by atoms with Gasteiger partial charge in [0.15, 0.2) is 0 Å². The van der Waals surface area contributed by atoms with Gasteiger partial charge in [0, 0.05) is 32.7 Å². The van der Waals surface area contributed by atoms with Crippen LogP contribution in [0.3, 0.4) is 0 Å². The van der Waals surface area contributed by atoms with Gasteiger partial charge in [0.25, 0.3) is 0 Å². The summed E-state index contributed by atoms with van der Waals surface area (Å²) < 4.78 is 0. The van der Waals surface area contributed by atoms with Crippen molar-refractivity contribution in [1.82, 2.24) is 0 Å². The van der Waals surface area contributed by atoms with Crippen molar-refractivity contribution in [1.29, 1.82) is 0 Å². The quantitative estimate of drug-likeness (QED) is 0.569. The summed E-state index contributed by atoms with van der Waals surface area (Å²) in [6.07, 6.45) is 4.10. The van der Waals surface area contributed by atoms with Crippen LogP contribution in [0.2, 0.25) is 0 Å². The Morgan fingerprint density at radius 1 is 1.33 bits per heavy atom. The Morgan fingerprint density at radius 2 is 1.78 bits per heavy atom. The third kappa shape index (κ3) is 2.68. The van der Waals surface area contributed by atoms with Crippen molar-refractivity contribution in [2.45, 2.75) is 26.2 Å². The Bertz CT molecular complexity index is 77.1. The van der Waals surface area contributed by atoms with Gasteiger partial charge in [-0.3, -0.25) is 5.41 Å². The molecule has 1 aliphatic carbocycles. The largest absolute Gasteiger partial charge is 0.367 e. The Balaban J connectivity index is 0.000000640. The molecule has 0 N–H and O–H groups in total. The molecule has 0 unspecified atom stereocenters. The first kappa shape index (κ1) is 10.1. The Hall–Kier alpha value is 1.10. The second-order valence-electron chi connectivity index (χ2n) is 3.28. The fourth-order valence-corrected chi connectivity index (χ4v) is 1.11. The number of rotatable bonds is 1. The summed E-state index contributed by atoms with van der Waals surface area (Å²) in [7, 11) is 0. The van der Waals surface area contributed by atoms with E-state index in [1.807, 2.05) is 0 Å². The van der Waals surface area contributed by atoms with Crippen LogP contribution in [0.1, 0.15) is 26.2 Å². The number of hydrogen-bond donors (Lipinski definition) is 0. The van der Waals surface area contributed by atoms with Gasteiger partial charge in [0.1, 0.15) is 0 Å². The summed E-state index contributed by atoms with van der Waals surface area (Å²) in [5.41, 5.74) is 0.0955. The smallest absolute Gasteiger partial charge is 0 e. The van der Waals surface area contributed by atoms with Crippen LogP contribution in [0.5, 0.6) is 0 Å². The van der Waals surface area contributed by atoms with Gasteiger partial charge in [0.2, 0.25) is 0 Å². The zero-order chi connectivity index (χ0) is 6.20. The van der Waals surface area contributed by atoms with Crippen molar-refractivity contribution in [3.05, 3.63) is 13.8 Å². The van der Waals surface area contributed by atoms with E-state index in [2.05, 4.69) is 20.8 Å². The minimum absolute atomic E-state index is 0. The van der Waals surface area contributed by atoms with E-state index in [1.54, 1.807) is 0 Å². The maximum Gasteiger partial charge on any atom is 0 e. The van der Waals surface area contributed by atoms with E-state index in [1.165, 1.54) is 19.3 Å². The van der Waals surface area contributed by atoms with Gasteiger partial charge in [-0.15, -0.1) is 6.92 Å². The van der Waals surface area contributed by atoms with E-state index in [-0.39, 0.29) is 38.1 Å². The summed E-state index contributed by atoms with van der Waals surface area (Å²) in [6.45, 7) is 10.1. The molecule has 1 aliphatic rings. The van der Waals surface area contributed by atoms with E-state index < -0.39 is 0 Å². The predicted octanol–water partition coefficient (Wildman–Crippen LogP) is 2.46. The molecule has 0 aromatic heterocycles. The van der Waals surface area contributed by atoms with Crippen LogP contribution in [-0.2, 0) is 32.7 Å². The Morgan fingerprint density at radius 3 is 1.78 bits per heavy atom. The first-order valence-corrected chi connectivity index (χ1v) is 3.31. The van der Waals surface area contributed by atoms with Crippen molar-refractivity contribution < 1.29 is 32.7 Å². The molecule has 0 nitrogen and oxygen atoms in total. The molecule has 0 atom stereocenters. The fourth-order valence-electron chi connectivity index (χ4n) is 1.11. The first-order chi connectivity index (χ1) is 3.61.